The van der Waals surface area contributed by atoms with Crippen molar-refractivity contribution in [3.63, 3.8) is 0 Å². The van der Waals surface area contributed by atoms with Gasteiger partial charge in [0.1, 0.15) is 5.82 Å². The highest BCUT2D eigenvalue weighted by atomic mass is 19.1. The highest BCUT2D eigenvalue weighted by Gasteiger charge is 2.20. The molecule has 20 heavy (non-hydrogen) atoms. The van der Waals surface area contributed by atoms with Crippen molar-refractivity contribution in [3.8, 4) is 0 Å². The first-order chi connectivity index (χ1) is 9.72. The predicted octanol–water partition coefficient (Wildman–Crippen LogP) is 1.65. The number of hydrogen-bond donors (Lipinski definition) is 2. The third-order valence-electron chi connectivity index (χ3n) is 3.39. The quantitative estimate of drug-likeness (QED) is 0.806. The fraction of sp³-hybridized carbons (Fsp3) is 0.533. The smallest absolute Gasteiger partial charge is 0.239 e. The van der Waals surface area contributed by atoms with E-state index in [0.717, 1.165) is 24.9 Å². The molecule has 1 aliphatic rings. The van der Waals surface area contributed by atoms with E-state index in [2.05, 4.69) is 17.6 Å². The molecule has 1 heterocycles. The first kappa shape index (κ1) is 14.8. The van der Waals surface area contributed by atoms with Crippen molar-refractivity contribution in [1.29, 1.82) is 0 Å². The fourth-order valence-corrected chi connectivity index (χ4v) is 2.45. The standard InChI is InChI=1S/C15H22FN3O/c1-2-7-17-10-12-5-3-6-13(16)15(12)19-9-4-8-18-14(20)11-19/h3,5-6,17H,2,4,7-11H2,1H3,(H,18,20). The predicted molar refractivity (Wildman–Crippen MR) is 78.2 cm³/mol. The molecular weight excluding hydrogens is 257 g/mol. The summed E-state index contributed by atoms with van der Waals surface area (Å²) in [5.74, 6) is -0.297. The summed E-state index contributed by atoms with van der Waals surface area (Å²) in [5.41, 5.74) is 1.47. The van der Waals surface area contributed by atoms with E-state index in [1.165, 1.54) is 6.07 Å². The van der Waals surface area contributed by atoms with E-state index in [4.69, 9.17) is 0 Å². The molecule has 2 rings (SSSR count). The molecular formula is C15H22FN3O. The van der Waals surface area contributed by atoms with Gasteiger partial charge in [0.05, 0.1) is 12.2 Å². The normalized spacial score (nSPS) is 15.9. The van der Waals surface area contributed by atoms with E-state index >= 15 is 0 Å². The van der Waals surface area contributed by atoms with Crippen LogP contribution in [-0.4, -0.2) is 32.1 Å². The number of rotatable bonds is 5. The van der Waals surface area contributed by atoms with Gasteiger partial charge >= 0.3 is 0 Å². The number of carbonyl (C=O) groups is 1. The summed E-state index contributed by atoms with van der Waals surface area (Å²) < 4.78 is 14.2. The van der Waals surface area contributed by atoms with Gasteiger partial charge in [0.2, 0.25) is 5.91 Å². The minimum atomic E-state index is -0.254. The molecule has 0 unspecified atom stereocenters. The zero-order chi connectivity index (χ0) is 14.4. The third-order valence-corrected chi connectivity index (χ3v) is 3.39. The average molecular weight is 279 g/mol. The Kier molecular flexibility index (Phi) is 5.35. The van der Waals surface area contributed by atoms with Crippen molar-refractivity contribution in [2.45, 2.75) is 26.3 Å². The topological polar surface area (TPSA) is 44.4 Å². The first-order valence-electron chi connectivity index (χ1n) is 7.22. The zero-order valence-electron chi connectivity index (χ0n) is 11.9. The summed E-state index contributed by atoms with van der Waals surface area (Å²) in [4.78, 5) is 13.5. The molecule has 1 saturated heterocycles. The van der Waals surface area contributed by atoms with E-state index < -0.39 is 0 Å². The van der Waals surface area contributed by atoms with E-state index in [0.29, 0.717) is 25.3 Å². The van der Waals surface area contributed by atoms with Gasteiger partial charge in [-0.25, -0.2) is 4.39 Å². The Labute approximate surface area is 119 Å². The number of benzene rings is 1. The number of nitrogens with one attached hydrogen (secondary N) is 2. The van der Waals surface area contributed by atoms with Gasteiger partial charge in [0.15, 0.2) is 0 Å². The molecule has 110 valence electrons. The lowest BCUT2D eigenvalue weighted by Crippen LogP contribution is -2.34. The lowest BCUT2D eigenvalue weighted by Gasteiger charge is -2.25. The van der Waals surface area contributed by atoms with Gasteiger partial charge in [-0.3, -0.25) is 4.79 Å². The summed E-state index contributed by atoms with van der Waals surface area (Å²) in [6, 6.07) is 5.10. The molecule has 0 saturated carbocycles. The lowest BCUT2D eigenvalue weighted by atomic mass is 10.1. The van der Waals surface area contributed by atoms with E-state index in [9.17, 15) is 9.18 Å². The van der Waals surface area contributed by atoms with Crippen LogP contribution in [0.5, 0.6) is 0 Å². The van der Waals surface area contributed by atoms with Crippen LogP contribution >= 0.6 is 0 Å². The molecule has 1 fully saturated rings. The highest BCUT2D eigenvalue weighted by molar-refractivity contribution is 5.82. The first-order valence-corrected chi connectivity index (χ1v) is 7.22. The van der Waals surface area contributed by atoms with Gasteiger partial charge < -0.3 is 15.5 Å². The number of para-hydroxylation sites is 1. The van der Waals surface area contributed by atoms with Crippen LogP contribution in [-0.2, 0) is 11.3 Å². The molecule has 1 aromatic carbocycles. The molecule has 0 radical (unpaired) electrons. The highest BCUT2D eigenvalue weighted by Crippen LogP contribution is 2.25. The maximum absolute atomic E-state index is 14.2. The number of amides is 1. The molecule has 1 aromatic rings. The monoisotopic (exact) mass is 279 g/mol. The Balaban J connectivity index is 2.21. The Morgan fingerprint density at radius 3 is 3.10 bits per heavy atom. The van der Waals surface area contributed by atoms with Crippen LogP contribution in [0.1, 0.15) is 25.3 Å². The van der Waals surface area contributed by atoms with Gasteiger partial charge in [-0.15, -0.1) is 0 Å². The summed E-state index contributed by atoms with van der Waals surface area (Å²) in [6.07, 6.45) is 1.87. The third kappa shape index (κ3) is 3.70. The molecule has 4 nitrogen and oxygen atoms in total. The Morgan fingerprint density at radius 1 is 1.45 bits per heavy atom. The van der Waals surface area contributed by atoms with Crippen LogP contribution in [0.3, 0.4) is 0 Å². The number of nitrogens with zero attached hydrogens (tertiary/aromatic N) is 1. The summed E-state index contributed by atoms with van der Waals surface area (Å²) in [5, 5.41) is 6.11. The maximum Gasteiger partial charge on any atom is 0.239 e. The molecule has 0 aliphatic carbocycles. The van der Waals surface area contributed by atoms with Crippen LogP contribution in [0.25, 0.3) is 0 Å². The van der Waals surface area contributed by atoms with Crippen molar-refractivity contribution in [1.82, 2.24) is 10.6 Å². The number of halogens is 1. The van der Waals surface area contributed by atoms with E-state index in [1.807, 2.05) is 11.0 Å². The van der Waals surface area contributed by atoms with Gasteiger partial charge in [-0.1, -0.05) is 19.1 Å². The van der Waals surface area contributed by atoms with Crippen LogP contribution in [0.2, 0.25) is 0 Å². The minimum absolute atomic E-state index is 0.0433. The molecule has 0 bridgehead atoms. The Morgan fingerprint density at radius 2 is 2.30 bits per heavy atom. The van der Waals surface area contributed by atoms with Crippen molar-refractivity contribution in [3.05, 3.63) is 29.6 Å². The van der Waals surface area contributed by atoms with Gasteiger partial charge in [0, 0.05) is 19.6 Å². The van der Waals surface area contributed by atoms with Gasteiger partial charge in [-0.05, 0) is 31.0 Å². The second-order valence-electron chi connectivity index (χ2n) is 5.05. The van der Waals surface area contributed by atoms with Gasteiger partial charge in [0.25, 0.3) is 0 Å². The maximum atomic E-state index is 14.2. The molecule has 0 atom stereocenters. The second-order valence-corrected chi connectivity index (χ2v) is 5.05. The largest absolute Gasteiger partial charge is 0.360 e. The van der Waals surface area contributed by atoms with Crippen molar-refractivity contribution >= 4 is 11.6 Å². The van der Waals surface area contributed by atoms with Crippen LogP contribution < -0.4 is 15.5 Å². The second kappa shape index (κ2) is 7.24. The zero-order valence-corrected chi connectivity index (χ0v) is 11.9. The molecule has 0 spiro atoms. The Bertz CT molecular complexity index is 464. The SMILES string of the molecule is CCCNCc1cccc(F)c1N1CCCNC(=O)C1. The molecule has 5 heteroatoms. The average Bonchev–Trinajstić information content (AvgIpc) is 2.64. The van der Waals surface area contributed by atoms with Crippen LogP contribution in [0, 0.1) is 5.82 Å². The molecule has 1 aliphatic heterocycles. The summed E-state index contributed by atoms with van der Waals surface area (Å²) in [7, 11) is 0. The van der Waals surface area contributed by atoms with Crippen molar-refractivity contribution in [2.75, 3.05) is 31.1 Å². The van der Waals surface area contributed by atoms with Gasteiger partial charge in [-0.2, -0.15) is 0 Å². The number of carbonyl (C=O) groups excluding carboxylic acids is 1. The van der Waals surface area contributed by atoms with Crippen molar-refractivity contribution in [2.24, 2.45) is 0 Å². The summed E-state index contributed by atoms with van der Waals surface area (Å²) >= 11 is 0. The Hall–Kier alpha value is -1.62. The molecule has 2 N–H and O–H groups in total. The summed E-state index contributed by atoms with van der Waals surface area (Å²) in [6.45, 7) is 5.20. The molecule has 1 amide bonds. The number of anilines is 1. The minimum Gasteiger partial charge on any atom is -0.360 e. The number of hydrogen-bond acceptors (Lipinski definition) is 3. The van der Waals surface area contributed by atoms with E-state index in [-0.39, 0.29) is 18.3 Å². The van der Waals surface area contributed by atoms with Crippen LogP contribution in [0.15, 0.2) is 18.2 Å². The van der Waals surface area contributed by atoms with E-state index in [1.54, 1.807) is 6.07 Å². The van der Waals surface area contributed by atoms with Crippen molar-refractivity contribution < 1.29 is 9.18 Å². The lowest BCUT2D eigenvalue weighted by molar-refractivity contribution is -0.119. The fourth-order valence-electron chi connectivity index (χ4n) is 2.45. The molecule has 0 aromatic heterocycles. The van der Waals surface area contributed by atoms with Crippen LogP contribution in [0.4, 0.5) is 10.1 Å².